The molecule has 0 spiro atoms. The maximum absolute atomic E-state index is 11.4. The normalized spacial score (nSPS) is 26.1. The van der Waals surface area contributed by atoms with Gasteiger partial charge in [-0.3, -0.25) is 4.79 Å². The van der Waals surface area contributed by atoms with E-state index in [1.54, 1.807) is 7.11 Å². The van der Waals surface area contributed by atoms with Crippen molar-refractivity contribution in [2.45, 2.75) is 52.5 Å². The Bertz CT molecular complexity index is 278. The molecule has 0 heterocycles. The Morgan fingerprint density at radius 2 is 1.89 bits per heavy atom. The second-order valence-electron chi connectivity index (χ2n) is 6.74. The minimum Gasteiger partial charge on any atom is -0.480 e. The molecule has 1 rings (SSSR count). The highest BCUT2D eigenvalue weighted by molar-refractivity contribution is 5.73. The van der Waals surface area contributed by atoms with Gasteiger partial charge >= 0.3 is 5.97 Å². The predicted molar refractivity (Wildman–Crippen MR) is 76.2 cm³/mol. The van der Waals surface area contributed by atoms with Gasteiger partial charge in [0.25, 0.3) is 0 Å². The van der Waals surface area contributed by atoms with Gasteiger partial charge in [-0.25, -0.2) is 0 Å². The van der Waals surface area contributed by atoms with Gasteiger partial charge in [-0.2, -0.15) is 0 Å². The van der Waals surface area contributed by atoms with Gasteiger partial charge in [0.15, 0.2) is 0 Å². The van der Waals surface area contributed by atoms with Crippen molar-refractivity contribution in [1.29, 1.82) is 0 Å². The lowest BCUT2D eigenvalue weighted by Gasteiger charge is -2.38. The molecule has 0 amide bonds. The highest BCUT2D eigenvalue weighted by Crippen LogP contribution is 2.40. The van der Waals surface area contributed by atoms with E-state index in [2.05, 4.69) is 26.1 Å². The van der Waals surface area contributed by atoms with Crippen LogP contribution in [0.15, 0.2) is 0 Å². The zero-order valence-corrected chi connectivity index (χ0v) is 12.7. The van der Waals surface area contributed by atoms with Crippen LogP contribution in [0.5, 0.6) is 0 Å². The van der Waals surface area contributed by atoms with E-state index in [0.29, 0.717) is 18.6 Å². The molecule has 1 saturated carbocycles. The number of carbonyl (C=O) groups is 1. The van der Waals surface area contributed by atoms with Crippen LogP contribution in [0.3, 0.4) is 0 Å². The number of ether oxygens (including phenoxy) is 1. The molecule has 1 fully saturated rings. The van der Waals surface area contributed by atoms with Gasteiger partial charge in [-0.1, -0.05) is 20.8 Å². The summed E-state index contributed by atoms with van der Waals surface area (Å²) in [6.45, 7) is 8.00. The van der Waals surface area contributed by atoms with Crippen LogP contribution >= 0.6 is 0 Å². The van der Waals surface area contributed by atoms with Gasteiger partial charge in [0.2, 0.25) is 0 Å². The largest absolute Gasteiger partial charge is 0.480 e. The fourth-order valence-electron chi connectivity index (χ4n) is 3.09. The first-order valence-electron chi connectivity index (χ1n) is 7.31. The Morgan fingerprint density at radius 1 is 1.32 bits per heavy atom. The highest BCUT2D eigenvalue weighted by Gasteiger charge is 2.35. The van der Waals surface area contributed by atoms with Crippen LogP contribution in [0.1, 0.15) is 46.5 Å². The van der Waals surface area contributed by atoms with E-state index in [-0.39, 0.29) is 5.92 Å². The van der Waals surface area contributed by atoms with Gasteiger partial charge in [0.05, 0.1) is 6.61 Å². The lowest BCUT2D eigenvalue weighted by Crippen LogP contribution is -2.45. The van der Waals surface area contributed by atoms with E-state index in [1.165, 1.54) is 0 Å². The lowest BCUT2D eigenvalue weighted by molar-refractivity contribution is -0.141. The van der Waals surface area contributed by atoms with Crippen LogP contribution in [-0.4, -0.2) is 37.4 Å². The molecule has 4 nitrogen and oxygen atoms in total. The SMILES string of the molecule is COCCNC(C(=O)O)C1CCC(C(C)(C)C)CC1. The van der Waals surface area contributed by atoms with Gasteiger partial charge < -0.3 is 15.2 Å². The summed E-state index contributed by atoms with van der Waals surface area (Å²) >= 11 is 0. The standard InChI is InChI=1S/C15H29NO3/c1-15(2,3)12-7-5-11(6-8-12)13(14(17)18)16-9-10-19-4/h11-13,16H,5-10H2,1-4H3,(H,17,18). The van der Waals surface area contributed by atoms with Crippen molar-refractivity contribution in [2.24, 2.45) is 17.3 Å². The summed E-state index contributed by atoms with van der Waals surface area (Å²) in [6.07, 6.45) is 4.31. The minimum atomic E-state index is -0.727. The second kappa shape index (κ2) is 7.25. The summed E-state index contributed by atoms with van der Waals surface area (Å²) in [5.74, 6) is 0.250. The molecule has 0 bridgehead atoms. The average molecular weight is 271 g/mol. The Kier molecular flexibility index (Phi) is 6.27. The third kappa shape index (κ3) is 5.11. The zero-order valence-electron chi connectivity index (χ0n) is 12.7. The third-order valence-corrected chi connectivity index (χ3v) is 4.40. The van der Waals surface area contributed by atoms with Crippen LogP contribution in [-0.2, 0) is 9.53 Å². The molecule has 0 radical (unpaired) electrons. The van der Waals surface area contributed by atoms with E-state index < -0.39 is 12.0 Å². The first-order chi connectivity index (χ1) is 8.86. The average Bonchev–Trinajstić information content (AvgIpc) is 2.33. The molecule has 0 aliphatic heterocycles. The maximum Gasteiger partial charge on any atom is 0.320 e. The number of hydrogen-bond donors (Lipinski definition) is 2. The molecular weight excluding hydrogens is 242 g/mol. The summed E-state index contributed by atoms with van der Waals surface area (Å²) in [6, 6.07) is -0.420. The Hall–Kier alpha value is -0.610. The fourth-order valence-corrected chi connectivity index (χ4v) is 3.09. The number of nitrogens with one attached hydrogen (secondary N) is 1. The number of methoxy groups -OCH3 is 1. The summed E-state index contributed by atoms with van der Waals surface area (Å²) in [5.41, 5.74) is 0.340. The fraction of sp³-hybridized carbons (Fsp3) is 0.933. The molecule has 0 saturated heterocycles. The van der Waals surface area contributed by atoms with Crippen LogP contribution in [0.25, 0.3) is 0 Å². The molecule has 0 aromatic heterocycles. The van der Waals surface area contributed by atoms with E-state index in [1.807, 2.05) is 0 Å². The molecule has 2 N–H and O–H groups in total. The van der Waals surface area contributed by atoms with Gasteiger partial charge in [0, 0.05) is 13.7 Å². The smallest absolute Gasteiger partial charge is 0.320 e. The van der Waals surface area contributed by atoms with Crippen molar-refractivity contribution in [3.8, 4) is 0 Å². The molecule has 0 aromatic rings. The Morgan fingerprint density at radius 3 is 2.32 bits per heavy atom. The van der Waals surface area contributed by atoms with E-state index in [9.17, 15) is 9.90 Å². The maximum atomic E-state index is 11.4. The van der Waals surface area contributed by atoms with Gasteiger partial charge in [0.1, 0.15) is 6.04 Å². The molecule has 19 heavy (non-hydrogen) atoms. The quantitative estimate of drug-likeness (QED) is 0.729. The molecule has 112 valence electrons. The third-order valence-electron chi connectivity index (χ3n) is 4.40. The number of rotatable bonds is 6. The summed E-state index contributed by atoms with van der Waals surface area (Å²) < 4.78 is 4.97. The van der Waals surface area contributed by atoms with E-state index in [0.717, 1.165) is 31.6 Å². The van der Waals surface area contributed by atoms with Crippen molar-refractivity contribution in [3.05, 3.63) is 0 Å². The number of carboxylic acid groups (broad SMARTS) is 1. The Balaban J connectivity index is 2.48. The van der Waals surface area contributed by atoms with Crippen LogP contribution in [0.2, 0.25) is 0 Å². The zero-order chi connectivity index (χ0) is 14.5. The van der Waals surface area contributed by atoms with Gasteiger partial charge in [-0.15, -0.1) is 0 Å². The first-order valence-corrected chi connectivity index (χ1v) is 7.31. The summed E-state index contributed by atoms with van der Waals surface area (Å²) in [5, 5.41) is 12.5. The van der Waals surface area contributed by atoms with E-state index in [4.69, 9.17) is 4.74 Å². The van der Waals surface area contributed by atoms with Crippen molar-refractivity contribution in [1.82, 2.24) is 5.32 Å². The van der Waals surface area contributed by atoms with E-state index >= 15 is 0 Å². The first kappa shape index (κ1) is 16.4. The molecule has 1 aliphatic rings. The minimum absolute atomic E-state index is 0.257. The predicted octanol–water partition coefficient (Wildman–Crippen LogP) is 2.53. The lowest BCUT2D eigenvalue weighted by atomic mass is 9.68. The molecule has 1 atom stereocenters. The van der Waals surface area contributed by atoms with Crippen molar-refractivity contribution < 1.29 is 14.6 Å². The molecule has 1 unspecified atom stereocenters. The topological polar surface area (TPSA) is 58.6 Å². The van der Waals surface area contributed by atoms with Gasteiger partial charge in [-0.05, 0) is 42.9 Å². The second-order valence-corrected chi connectivity index (χ2v) is 6.74. The van der Waals surface area contributed by atoms with Crippen molar-refractivity contribution in [2.75, 3.05) is 20.3 Å². The van der Waals surface area contributed by atoms with Crippen LogP contribution in [0.4, 0.5) is 0 Å². The molecule has 0 aromatic carbocycles. The number of hydrogen-bond acceptors (Lipinski definition) is 3. The van der Waals surface area contributed by atoms with Crippen LogP contribution in [0, 0.1) is 17.3 Å². The summed E-state index contributed by atoms with van der Waals surface area (Å²) in [4.78, 5) is 11.4. The summed E-state index contributed by atoms with van der Waals surface area (Å²) in [7, 11) is 1.63. The van der Waals surface area contributed by atoms with Crippen molar-refractivity contribution in [3.63, 3.8) is 0 Å². The van der Waals surface area contributed by atoms with Crippen molar-refractivity contribution >= 4 is 5.97 Å². The highest BCUT2D eigenvalue weighted by atomic mass is 16.5. The molecule has 1 aliphatic carbocycles. The monoisotopic (exact) mass is 271 g/mol. The number of carboxylic acids is 1. The molecular formula is C15H29NO3. The number of aliphatic carboxylic acids is 1. The molecule has 4 heteroatoms. The Labute approximate surface area is 116 Å². The van der Waals surface area contributed by atoms with Crippen LogP contribution < -0.4 is 5.32 Å².